The molecule has 2 amide bonds. The zero-order valence-corrected chi connectivity index (χ0v) is 16.0. The number of hydrogen-bond donors (Lipinski definition) is 1. The number of nitrogens with one attached hydrogen (secondary N) is 1. The Morgan fingerprint density at radius 2 is 1.96 bits per heavy atom. The Morgan fingerprint density at radius 1 is 1.21 bits per heavy atom. The second kappa shape index (κ2) is 8.04. The molecule has 7 heteroatoms. The number of nitrogens with zero attached hydrogens (tertiary/aromatic N) is 1. The minimum Gasteiger partial charge on any atom is -0.493 e. The molecule has 28 heavy (non-hydrogen) atoms. The van der Waals surface area contributed by atoms with Crippen LogP contribution in [0.5, 0.6) is 17.2 Å². The third kappa shape index (κ3) is 3.64. The molecule has 1 atom stereocenters. The van der Waals surface area contributed by atoms with Gasteiger partial charge in [-0.25, -0.2) is 0 Å². The molecule has 0 fully saturated rings. The maximum atomic E-state index is 12.6. The van der Waals surface area contributed by atoms with Gasteiger partial charge in [-0.05, 0) is 37.3 Å². The number of carbonyl (C=O) groups excluding carboxylic acids is 2. The SMILES string of the molecule is C=CCN1C(=O)C(C)Oc2cc(NC(=O)c3ccc(OC)c(OC)c3)ccc21. The first kappa shape index (κ1) is 19.3. The molecule has 0 saturated carbocycles. The summed E-state index contributed by atoms with van der Waals surface area (Å²) in [6.07, 6.45) is 1.05. The molecule has 0 saturated heterocycles. The van der Waals surface area contributed by atoms with Crippen LogP contribution in [-0.2, 0) is 4.79 Å². The van der Waals surface area contributed by atoms with E-state index in [1.807, 2.05) is 0 Å². The summed E-state index contributed by atoms with van der Waals surface area (Å²) in [5.74, 6) is 1.11. The van der Waals surface area contributed by atoms with E-state index >= 15 is 0 Å². The van der Waals surface area contributed by atoms with Gasteiger partial charge >= 0.3 is 0 Å². The summed E-state index contributed by atoms with van der Waals surface area (Å²) in [6, 6.07) is 10.1. The molecule has 146 valence electrons. The molecule has 2 aromatic carbocycles. The van der Waals surface area contributed by atoms with E-state index in [0.717, 1.165) is 0 Å². The van der Waals surface area contributed by atoms with Gasteiger partial charge in [0, 0.05) is 23.9 Å². The predicted molar refractivity (Wildman–Crippen MR) is 107 cm³/mol. The lowest BCUT2D eigenvalue weighted by atomic mass is 10.1. The minimum absolute atomic E-state index is 0.130. The summed E-state index contributed by atoms with van der Waals surface area (Å²) in [7, 11) is 3.05. The van der Waals surface area contributed by atoms with Crippen LogP contribution in [0, 0.1) is 0 Å². The Bertz CT molecular complexity index is 925. The van der Waals surface area contributed by atoms with Crippen molar-refractivity contribution in [1.29, 1.82) is 0 Å². The van der Waals surface area contributed by atoms with Gasteiger partial charge < -0.3 is 24.4 Å². The molecule has 3 rings (SSSR count). The molecule has 1 unspecified atom stereocenters. The molecule has 0 spiro atoms. The van der Waals surface area contributed by atoms with E-state index < -0.39 is 6.10 Å². The molecule has 1 aliphatic heterocycles. The van der Waals surface area contributed by atoms with Gasteiger partial charge in [0.2, 0.25) is 0 Å². The number of ether oxygens (including phenoxy) is 3. The van der Waals surface area contributed by atoms with Gasteiger partial charge in [0.05, 0.1) is 19.9 Å². The second-order valence-electron chi connectivity index (χ2n) is 6.20. The first-order valence-corrected chi connectivity index (χ1v) is 8.74. The van der Waals surface area contributed by atoms with Crippen molar-refractivity contribution < 1.29 is 23.8 Å². The van der Waals surface area contributed by atoms with Crippen molar-refractivity contribution in [3.05, 3.63) is 54.6 Å². The average Bonchev–Trinajstić information content (AvgIpc) is 2.70. The lowest BCUT2D eigenvalue weighted by molar-refractivity contribution is -0.125. The molecule has 1 heterocycles. The largest absolute Gasteiger partial charge is 0.493 e. The average molecular weight is 382 g/mol. The van der Waals surface area contributed by atoms with E-state index in [0.29, 0.717) is 40.7 Å². The van der Waals surface area contributed by atoms with Crippen molar-refractivity contribution in [2.24, 2.45) is 0 Å². The number of hydrogen-bond acceptors (Lipinski definition) is 5. The van der Waals surface area contributed by atoms with E-state index in [1.54, 1.807) is 54.3 Å². The van der Waals surface area contributed by atoms with Crippen LogP contribution in [0.1, 0.15) is 17.3 Å². The summed E-state index contributed by atoms with van der Waals surface area (Å²) in [5.41, 5.74) is 1.62. The third-order valence-corrected chi connectivity index (χ3v) is 4.38. The Labute approximate surface area is 163 Å². The number of fused-ring (bicyclic) bond motifs is 1. The fourth-order valence-corrected chi connectivity index (χ4v) is 2.99. The summed E-state index contributed by atoms with van der Waals surface area (Å²) < 4.78 is 16.1. The summed E-state index contributed by atoms with van der Waals surface area (Å²) in [4.78, 5) is 26.5. The van der Waals surface area contributed by atoms with E-state index in [9.17, 15) is 9.59 Å². The van der Waals surface area contributed by atoms with Crippen LogP contribution in [0.25, 0.3) is 0 Å². The van der Waals surface area contributed by atoms with Gasteiger partial charge in [-0.1, -0.05) is 6.08 Å². The number of carbonyl (C=O) groups is 2. The Hall–Kier alpha value is -3.48. The van der Waals surface area contributed by atoms with Crippen LogP contribution < -0.4 is 24.4 Å². The quantitative estimate of drug-likeness (QED) is 0.776. The topological polar surface area (TPSA) is 77.1 Å². The normalized spacial score (nSPS) is 15.3. The molecule has 0 bridgehead atoms. The number of rotatable bonds is 6. The predicted octanol–water partition coefficient (Wildman–Crippen LogP) is 3.26. The highest BCUT2D eigenvalue weighted by atomic mass is 16.5. The zero-order chi connectivity index (χ0) is 20.3. The van der Waals surface area contributed by atoms with Gasteiger partial charge in [-0.3, -0.25) is 9.59 Å². The van der Waals surface area contributed by atoms with Gasteiger partial charge in [-0.15, -0.1) is 6.58 Å². The third-order valence-electron chi connectivity index (χ3n) is 4.38. The zero-order valence-electron chi connectivity index (χ0n) is 16.0. The molecule has 7 nitrogen and oxygen atoms in total. The Kier molecular flexibility index (Phi) is 5.54. The Morgan fingerprint density at radius 3 is 2.64 bits per heavy atom. The molecule has 0 aromatic heterocycles. The first-order chi connectivity index (χ1) is 13.5. The van der Waals surface area contributed by atoms with Gasteiger partial charge in [-0.2, -0.15) is 0 Å². The summed E-state index contributed by atoms with van der Waals surface area (Å²) in [6.45, 7) is 5.77. The van der Waals surface area contributed by atoms with E-state index in [1.165, 1.54) is 14.2 Å². The van der Waals surface area contributed by atoms with Crippen LogP contribution in [0.3, 0.4) is 0 Å². The molecular weight excluding hydrogens is 360 g/mol. The van der Waals surface area contributed by atoms with Crippen molar-refractivity contribution in [3.8, 4) is 17.2 Å². The molecule has 0 radical (unpaired) electrons. The number of benzene rings is 2. The highest BCUT2D eigenvalue weighted by molar-refractivity contribution is 6.05. The number of anilines is 2. The fraction of sp³-hybridized carbons (Fsp3) is 0.238. The molecule has 1 N–H and O–H groups in total. The maximum Gasteiger partial charge on any atom is 0.268 e. The molecule has 0 aliphatic carbocycles. The van der Waals surface area contributed by atoms with E-state index in [4.69, 9.17) is 14.2 Å². The van der Waals surface area contributed by atoms with Crippen molar-refractivity contribution in [1.82, 2.24) is 0 Å². The summed E-state index contributed by atoms with van der Waals surface area (Å²) >= 11 is 0. The van der Waals surface area contributed by atoms with Crippen LogP contribution in [-0.4, -0.2) is 38.7 Å². The molecule has 1 aliphatic rings. The highest BCUT2D eigenvalue weighted by Crippen LogP contribution is 2.36. The van der Waals surface area contributed by atoms with Gasteiger partial charge in [0.1, 0.15) is 5.75 Å². The summed E-state index contributed by atoms with van der Waals surface area (Å²) in [5, 5.41) is 2.83. The highest BCUT2D eigenvalue weighted by Gasteiger charge is 2.31. The minimum atomic E-state index is -0.607. The van der Waals surface area contributed by atoms with E-state index in [2.05, 4.69) is 11.9 Å². The number of amides is 2. The smallest absolute Gasteiger partial charge is 0.268 e. The second-order valence-corrected chi connectivity index (χ2v) is 6.20. The fourth-order valence-electron chi connectivity index (χ4n) is 2.99. The first-order valence-electron chi connectivity index (χ1n) is 8.74. The van der Waals surface area contributed by atoms with Crippen molar-refractivity contribution in [2.45, 2.75) is 13.0 Å². The van der Waals surface area contributed by atoms with Crippen molar-refractivity contribution >= 4 is 23.2 Å². The Balaban J connectivity index is 1.84. The van der Waals surface area contributed by atoms with Gasteiger partial charge in [0.15, 0.2) is 17.6 Å². The van der Waals surface area contributed by atoms with E-state index in [-0.39, 0.29) is 11.8 Å². The van der Waals surface area contributed by atoms with Crippen LogP contribution >= 0.6 is 0 Å². The van der Waals surface area contributed by atoms with Crippen molar-refractivity contribution in [2.75, 3.05) is 31.0 Å². The maximum absolute atomic E-state index is 12.6. The lowest BCUT2D eigenvalue weighted by Crippen LogP contribution is -2.44. The van der Waals surface area contributed by atoms with Crippen LogP contribution in [0.15, 0.2) is 49.1 Å². The lowest BCUT2D eigenvalue weighted by Gasteiger charge is -2.32. The van der Waals surface area contributed by atoms with Crippen molar-refractivity contribution in [3.63, 3.8) is 0 Å². The number of methoxy groups -OCH3 is 2. The van der Waals surface area contributed by atoms with Crippen LogP contribution in [0.2, 0.25) is 0 Å². The molecular formula is C21H22N2O5. The van der Waals surface area contributed by atoms with Gasteiger partial charge in [0.25, 0.3) is 11.8 Å². The molecule has 2 aromatic rings. The monoisotopic (exact) mass is 382 g/mol. The van der Waals surface area contributed by atoms with Crippen LogP contribution in [0.4, 0.5) is 11.4 Å². The standard InChI is InChI=1S/C21H22N2O5/c1-5-10-23-16-8-7-15(12-18(16)28-13(2)21(23)25)22-20(24)14-6-9-17(26-3)19(11-14)27-4/h5-9,11-13H,1,10H2,2-4H3,(H,22,24).